The molecule has 240 valence electrons. The Kier molecular flexibility index (Phi) is 6.57. The van der Waals surface area contributed by atoms with Crippen molar-refractivity contribution in [3.05, 3.63) is 28.8 Å². The highest BCUT2D eigenvalue weighted by Crippen LogP contribution is 2.74. The van der Waals surface area contributed by atoms with Gasteiger partial charge in [-0.1, -0.05) is 54.0 Å². The maximum Gasteiger partial charge on any atom is 0.262 e. The van der Waals surface area contributed by atoms with E-state index in [0.29, 0.717) is 35.2 Å². The normalized spacial score (nSPS) is 48.4. The molecule has 1 saturated heterocycles. The number of hydrogen-bond donors (Lipinski definition) is 0. The number of aryl methyl sites for hydroxylation is 1. The Balaban J connectivity index is 1.23. The second kappa shape index (κ2) is 9.25. The van der Waals surface area contributed by atoms with E-state index >= 15 is 0 Å². The minimum Gasteiger partial charge on any atom is -0.716 e. The van der Waals surface area contributed by atoms with Crippen molar-refractivity contribution in [3.63, 3.8) is 0 Å². The van der Waals surface area contributed by atoms with Crippen LogP contribution >= 0.6 is 0 Å². The van der Waals surface area contributed by atoms with E-state index in [1.807, 2.05) is 6.07 Å². The number of hydrogen-bond acceptors (Lipinski definition) is 5. The highest BCUT2D eigenvalue weighted by atomic mass is 32.3. The van der Waals surface area contributed by atoms with Crippen LogP contribution in [0.25, 0.3) is 0 Å². The molecular formula is C37H55O5S-. The molecule has 5 nitrogen and oxygen atoms in total. The van der Waals surface area contributed by atoms with Gasteiger partial charge in [0.1, 0.15) is 5.75 Å². The summed E-state index contributed by atoms with van der Waals surface area (Å²) >= 11 is 0. The van der Waals surface area contributed by atoms with E-state index in [4.69, 9.17) is 8.92 Å². The van der Waals surface area contributed by atoms with E-state index in [9.17, 15) is 13.0 Å². The van der Waals surface area contributed by atoms with Gasteiger partial charge in [-0.25, -0.2) is 8.42 Å². The fourth-order valence-corrected chi connectivity index (χ4v) is 14.1. The second-order valence-corrected chi connectivity index (χ2v) is 19.0. The van der Waals surface area contributed by atoms with Crippen molar-refractivity contribution in [1.82, 2.24) is 0 Å². The molecule has 5 fully saturated rings. The summed E-state index contributed by atoms with van der Waals surface area (Å²) in [6.45, 7) is 19.7. The van der Waals surface area contributed by atoms with Crippen LogP contribution in [0.15, 0.2) is 12.1 Å². The van der Waals surface area contributed by atoms with Crippen LogP contribution in [0.4, 0.5) is 0 Å². The van der Waals surface area contributed by atoms with Gasteiger partial charge in [0, 0.05) is 11.0 Å². The lowest BCUT2D eigenvalue weighted by Crippen LogP contribution is -2.64. The fourth-order valence-electron chi connectivity index (χ4n) is 13.8. The quantitative estimate of drug-likeness (QED) is 0.247. The molecule has 0 N–H and O–H groups in total. The molecule has 4 saturated carbocycles. The molecule has 0 unspecified atom stereocenters. The molecule has 10 atom stereocenters. The summed E-state index contributed by atoms with van der Waals surface area (Å²) in [5, 5.41) is 0. The van der Waals surface area contributed by atoms with Gasteiger partial charge >= 0.3 is 0 Å². The van der Waals surface area contributed by atoms with Crippen LogP contribution in [0.3, 0.4) is 0 Å². The van der Waals surface area contributed by atoms with E-state index in [1.54, 1.807) is 6.07 Å². The van der Waals surface area contributed by atoms with Gasteiger partial charge in [0.2, 0.25) is 0 Å². The third-order valence-corrected chi connectivity index (χ3v) is 16.0. The van der Waals surface area contributed by atoms with Crippen LogP contribution < -0.4 is 4.18 Å². The third kappa shape index (κ3) is 4.16. The summed E-state index contributed by atoms with van der Waals surface area (Å²) in [5.74, 6) is 2.57. The van der Waals surface area contributed by atoms with Crippen molar-refractivity contribution >= 4 is 10.4 Å². The fraction of sp³-hybridized carbons (Fsp3) is 0.838. The Bertz CT molecular complexity index is 1430. The second-order valence-electron chi connectivity index (χ2n) is 18.0. The van der Waals surface area contributed by atoms with Crippen LogP contribution in [0, 0.1) is 52.3 Å². The maximum atomic E-state index is 11.8. The predicted molar refractivity (Wildman–Crippen MR) is 169 cm³/mol. The largest absolute Gasteiger partial charge is 0.716 e. The Morgan fingerprint density at radius 2 is 1.37 bits per heavy atom. The standard InChI is InChI=1S/C37H56O5S/c1-23-10-11-25(42-43(38,39)40)31-24(23)22-29-34(5)18-13-28-33(4,27(34)14-20-36(29,31)7)21-15-30-35(28,6)19-12-26-32(2,3)16-9-17-37(26,8)41-30/h10-11,26-30H,9,12-22H2,1-8H3,(H,38,39,40)/p-1/t26-,27+,28+,29-,30-,33+,34+,35-,36-,37-/m0/s1. The van der Waals surface area contributed by atoms with Crippen LogP contribution in [0.1, 0.15) is 136 Å². The van der Waals surface area contributed by atoms with Gasteiger partial charge in [0.05, 0.1) is 11.7 Å². The Labute approximate surface area is 261 Å². The van der Waals surface area contributed by atoms with Gasteiger partial charge < -0.3 is 13.5 Å². The average Bonchev–Trinajstić information content (AvgIpc) is 3.15. The molecule has 7 rings (SSSR count). The van der Waals surface area contributed by atoms with Crippen LogP contribution in [-0.2, 0) is 27.0 Å². The smallest absolute Gasteiger partial charge is 0.262 e. The molecule has 0 amide bonds. The lowest BCUT2D eigenvalue weighted by atomic mass is 9.36. The van der Waals surface area contributed by atoms with E-state index in [0.717, 1.165) is 24.8 Å². The lowest BCUT2D eigenvalue weighted by molar-refractivity contribution is -0.240. The molecule has 1 aromatic rings. The zero-order chi connectivity index (χ0) is 31.0. The molecule has 1 aromatic carbocycles. The molecule has 1 heterocycles. The van der Waals surface area contributed by atoms with Crippen molar-refractivity contribution in [1.29, 1.82) is 0 Å². The molecule has 0 bridgehead atoms. The van der Waals surface area contributed by atoms with E-state index in [-0.39, 0.29) is 33.0 Å². The summed E-state index contributed by atoms with van der Waals surface area (Å²) < 4.78 is 47.8. The highest BCUT2D eigenvalue weighted by Gasteiger charge is 2.69. The Morgan fingerprint density at radius 3 is 2.09 bits per heavy atom. The zero-order valence-electron chi connectivity index (χ0n) is 28.0. The number of rotatable bonds is 2. The SMILES string of the molecule is Cc1ccc(OS(=O)(=O)[O-])c2c1C[C@H]1[C@]3(C)CC[C@@H]4[C@](C)(CC[C@@H]5O[C@@]6(C)CCCC(C)(C)[C@@H]6CC[C@@]45C)[C@H]3CC[C@]21C. The maximum absolute atomic E-state index is 11.8. The zero-order valence-corrected chi connectivity index (χ0v) is 28.8. The molecule has 1 aliphatic heterocycles. The van der Waals surface area contributed by atoms with Gasteiger partial charge in [-0.3, -0.25) is 0 Å². The predicted octanol–water partition coefficient (Wildman–Crippen LogP) is 8.66. The molecular weight excluding hydrogens is 556 g/mol. The molecule has 43 heavy (non-hydrogen) atoms. The van der Waals surface area contributed by atoms with Gasteiger partial charge in [-0.15, -0.1) is 0 Å². The van der Waals surface area contributed by atoms with E-state index in [2.05, 4.69) is 55.4 Å². The van der Waals surface area contributed by atoms with Gasteiger partial charge in [-0.05, 0) is 147 Å². The molecule has 0 aromatic heterocycles. The molecule has 6 aliphatic rings. The molecule has 5 aliphatic carbocycles. The number of ether oxygens (including phenoxy) is 1. The van der Waals surface area contributed by atoms with Gasteiger partial charge in [0.15, 0.2) is 0 Å². The molecule has 6 heteroatoms. The van der Waals surface area contributed by atoms with E-state index in [1.165, 1.54) is 68.9 Å². The van der Waals surface area contributed by atoms with Crippen LogP contribution in [0.5, 0.6) is 5.75 Å². The summed E-state index contributed by atoms with van der Waals surface area (Å²) in [6, 6.07) is 3.66. The Hall–Kier alpha value is -1.11. The van der Waals surface area contributed by atoms with Crippen molar-refractivity contribution < 1.29 is 21.9 Å². The number of benzene rings is 1. The van der Waals surface area contributed by atoms with Crippen LogP contribution in [-0.4, -0.2) is 24.7 Å². The van der Waals surface area contributed by atoms with Crippen molar-refractivity contribution in [2.45, 2.75) is 150 Å². The lowest BCUT2D eigenvalue weighted by Gasteiger charge is -2.69. The van der Waals surface area contributed by atoms with Crippen LogP contribution in [0.2, 0.25) is 0 Å². The first kappa shape index (κ1) is 30.5. The minimum absolute atomic E-state index is 0.00141. The monoisotopic (exact) mass is 611 g/mol. The number of fused-ring (bicyclic) bond motifs is 10. The first-order valence-corrected chi connectivity index (χ1v) is 18.7. The highest BCUT2D eigenvalue weighted by molar-refractivity contribution is 7.81. The topological polar surface area (TPSA) is 75.7 Å². The van der Waals surface area contributed by atoms with Gasteiger partial charge in [0.25, 0.3) is 10.4 Å². The van der Waals surface area contributed by atoms with E-state index < -0.39 is 10.4 Å². The average molecular weight is 612 g/mol. The van der Waals surface area contributed by atoms with Crippen molar-refractivity contribution in [2.24, 2.45) is 45.3 Å². The summed E-state index contributed by atoms with van der Waals surface area (Å²) in [5.41, 5.74) is 4.14. The third-order valence-electron chi connectivity index (χ3n) is 15.6. The Morgan fingerprint density at radius 1 is 0.767 bits per heavy atom. The van der Waals surface area contributed by atoms with Crippen molar-refractivity contribution in [2.75, 3.05) is 0 Å². The first-order valence-electron chi connectivity index (χ1n) is 17.3. The summed E-state index contributed by atoms with van der Waals surface area (Å²) in [6.07, 6.45) is 14.7. The van der Waals surface area contributed by atoms with Gasteiger partial charge in [-0.2, -0.15) is 0 Å². The molecule has 0 spiro atoms. The van der Waals surface area contributed by atoms with Crippen molar-refractivity contribution in [3.8, 4) is 5.75 Å². The first-order chi connectivity index (χ1) is 19.9. The summed E-state index contributed by atoms with van der Waals surface area (Å²) in [7, 11) is -4.84. The minimum atomic E-state index is -4.84. The summed E-state index contributed by atoms with van der Waals surface area (Å²) in [4.78, 5) is 0. The molecule has 0 radical (unpaired) electrons.